The standard InChI is InChI=1S/C29H45F2NO2/c1-19(17-32-14-12-21(18-32)6-11-28(30)31)25-9-10-26-22(5-4-13-29(25,26)3)7-8-23-15-24(33)16-27(34)20(23)2/h7-8,19,21,24-28,33-34H,2,4-6,9-18H2,1,3H3/t19?,21?,24-,25-,26+,27+,29-/m1/s1. The van der Waals surface area contributed by atoms with Gasteiger partial charge >= 0.3 is 0 Å². The second-order valence-corrected chi connectivity index (χ2v) is 12.0. The molecule has 1 aliphatic heterocycles. The molecule has 2 N–H and O–H groups in total. The van der Waals surface area contributed by atoms with E-state index in [1.54, 1.807) is 0 Å². The van der Waals surface area contributed by atoms with Crippen molar-refractivity contribution in [1.29, 1.82) is 0 Å². The quantitative estimate of drug-likeness (QED) is 0.464. The molecule has 0 aromatic rings. The van der Waals surface area contributed by atoms with Crippen molar-refractivity contribution in [1.82, 2.24) is 4.90 Å². The molecule has 192 valence electrons. The number of hydrogen-bond donors (Lipinski definition) is 2. The maximum absolute atomic E-state index is 12.6. The normalized spacial score (nSPS) is 40.4. The van der Waals surface area contributed by atoms with Crippen molar-refractivity contribution in [2.24, 2.45) is 29.1 Å². The first-order chi connectivity index (χ1) is 16.2. The van der Waals surface area contributed by atoms with Gasteiger partial charge in [-0.25, -0.2) is 8.78 Å². The summed E-state index contributed by atoms with van der Waals surface area (Å²) in [5.41, 5.74) is 3.60. The minimum absolute atomic E-state index is 0.0486. The molecule has 0 spiro atoms. The number of alkyl halides is 2. The average molecular weight is 478 g/mol. The monoisotopic (exact) mass is 477 g/mol. The van der Waals surface area contributed by atoms with E-state index in [9.17, 15) is 19.0 Å². The van der Waals surface area contributed by atoms with Crippen LogP contribution in [-0.4, -0.2) is 53.4 Å². The van der Waals surface area contributed by atoms with Crippen molar-refractivity contribution in [2.75, 3.05) is 19.6 Å². The first-order valence-electron chi connectivity index (χ1n) is 13.6. The number of aliphatic hydroxyl groups is 2. The van der Waals surface area contributed by atoms with Crippen LogP contribution in [0.3, 0.4) is 0 Å². The zero-order valence-electron chi connectivity index (χ0n) is 21.2. The molecule has 0 bridgehead atoms. The third kappa shape index (κ3) is 5.68. The molecule has 4 rings (SSSR count). The van der Waals surface area contributed by atoms with E-state index in [2.05, 4.69) is 37.5 Å². The summed E-state index contributed by atoms with van der Waals surface area (Å²) in [5, 5.41) is 20.3. The van der Waals surface area contributed by atoms with Gasteiger partial charge in [-0.05, 0) is 98.1 Å². The summed E-state index contributed by atoms with van der Waals surface area (Å²) in [4.78, 5) is 2.53. The van der Waals surface area contributed by atoms with Crippen LogP contribution in [0.4, 0.5) is 8.78 Å². The molecule has 0 aromatic heterocycles. The van der Waals surface area contributed by atoms with Crippen molar-refractivity contribution < 1.29 is 19.0 Å². The first kappa shape index (κ1) is 26.0. The topological polar surface area (TPSA) is 43.7 Å². The van der Waals surface area contributed by atoms with Gasteiger partial charge in [0.15, 0.2) is 0 Å². The van der Waals surface area contributed by atoms with E-state index in [0.29, 0.717) is 48.3 Å². The Kier molecular flexibility index (Phi) is 8.36. The van der Waals surface area contributed by atoms with Gasteiger partial charge in [0.05, 0.1) is 12.2 Å². The van der Waals surface area contributed by atoms with Gasteiger partial charge in [0.2, 0.25) is 6.43 Å². The number of hydrogen-bond acceptors (Lipinski definition) is 3. The van der Waals surface area contributed by atoms with Crippen LogP contribution in [0, 0.1) is 29.1 Å². The molecule has 7 atom stereocenters. The van der Waals surface area contributed by atoms with Gasteiger partial charge in [0, 0.05) is 25.9 Å². The number of rotatable bonds is 7. The third-order valence-electron chi connectivity index (χ3n) is 9.70. The number of halogens is 2. The molecular formula is C29H45F2NO2. The lowest BCUT2D eigenvalue weighted by atomic mass is 9.61. The minimum atomic E-state index is -2.17. The van der Waals surface area contributed by atoms with Crippen LogP contribution in [0.1, 0.15) is 78.1 Å². The smallest absolute Gasteiger partial charge is 0.238 e. The van der Waals surface area contributed by atoms with Gasteiger partial charge in [0.1, 0.15) is 0 Å². The van der Waals surface area contributed by atoms with Crippen LogP contribution in [0.2, 0.25) is 0 Å². The van der Waals surface area contributed by atoms with Crippen molar-refractivity contribution >= 4 is 0 Å². The Morgan fingerprint density at radius 1 is 1.21 bits per heavy atom. The van der Waals surface area contributed by atoms with E-state index < -0.39 is 18.6 Å². The molecular weight excluding hydrogens is 432 g/mol. The molecule has 4 aliphatic rings. The summed E-state index contributed by atoms with van der Waals surface area (Å²) in [6.07, 6.45) is 10.0. The molecule has 34 heavy (non-hydrogen) atoms. The number of allylic oxidation sites excluding steroid dienone is 3. The Bertz CT molecular complexity index is 793. The summed E-state index contributed by atoms with van der Waals surface area (Å²) in [6.45, 7) is 12.1. The highest BCUT2D eigenvalue weighted by Gasteiger charge is 2.50. The maximum atomic E-state index is 12.6. The van der Waals surface area contributed by atoms with E-state index >= 15 is 0 Å². The van der Waals surface area contributed by atoms with Crippen LogP contribution in [-0.2, 0) is 0 Å². The molecule has 0 radical (unpaired) electrons. The molecule has 3 aliphatic carbocycles. The van der Waals surface area contributed by atoms with Gasteiger partial charge in [-0.3, -0.25) is 0 Å². The van der Waals surface area contributed by atoms with Crippen molar-refractivity contribution in [3.8, 4) is 0 Å². The predicted octanol–water partition coefficient (Wildman–Crippen LogP) is 6.13. The summed E-state index contributed by atoms with van der Waals surface area (Å²) in [7, 11) is 0. The zero-order valence-corrected chi connectivity index (χ0v) is 21.2. The average Bonchev–Trinajstić information content (AvgIpc) is 3.37. The zero-order chi connectivity index (χ0) is 24.5. The summed E-state index contributed by atoms with van der Waals surface area (Å²) >= 11 is 0. The Morgan fingerprint density at radius 2 is 2.00 bits per heavy atom. The second-order valence-electron chi connectivity index (χ2n) is 12.0. The second kappa shape index (κ2) is 10.9. The van der Waals surface area contributed by atoms with Crippen molar-refractivity contribution in [3.63, 3.8) is 0 Å². The molecule has 1 heterocycles. The van der Waals surface area contributed by atoms with Gasteiger partial charge < -0.3 is 15.1 Å². The SMILES string of the molecule is C=C1C(=CC=C2CCC[C@]3(C)[C@@H](C(C)CN4CCC(CCC(F)F)C4)CC[C@@H]23)C[C@@H](O)C[C@@H]1O. The Labute approximate surface area is 205 Å². The van der Waals surface area contributed by atoms with Gasteiger partial charge in [0.25, 0.3) is 0 Å². The lowest BCUT2D eigenvalue weighted by Gasteiger charge is -2.45. The molecule has 2 unspecified atom stereocenters. The van der Waals surface area contributed by atoms with Crippen LogP contribution in [0.25, 0.3) is 0 Å². The fourth-order valence-electron chi connectivity index (χ4n) is 7.89. The number of nitrogens with zero attached hydrogens (tertiary/aromatic N) is 1. The number of aliphatic hydroxyl groups excluding tert-OH is 2. The largest absolute Gasteiger partial charge is 0.393 e. The highest BCUT2D eigenvalue weighted by Crippen LogP contribution is 2.59. The minimum Gasteiger partial charge on any atom is -0.393 e. The van der Waals surface area contributed by atoms with Gasteiger partial charge in [-0.1, -0.05) is 38.2 Å². The summed E-state index contributed by atoms with van der Waals surface area (Å²) < 4.78 is 25.2. The van der Waals surface area contributed by atoms with E-state index in [1.165, 1.54) is 31.3 Å². The molecule has 5 heteroatoms. The third-order valence-corrected chi connectivity index (χ3v) is 9.70. The highest BCUT2D eigenvalue weighted by atomic mass is 19.3. The van der Waals surface area contributed by atoms with E-state index in [-0.39, 0.29) is 6.42 Å². The maximum Gasteiger partial charge on any atom is 0.238 e. The number of fused-ring (bicyclic) bond motifs is 1. The van der Waals surface area contributed by atoms with Crippen LogP contribution in [0.5, 0.6) is 0 Å². The van der Waals surface area contributed by atoms with Crippen LogP contribution < -0.4 is 0 Å². The highest BCUT2D eigenvalue weighted by molar-refractivity contribution is 5.38. The Balaban J connectivity index is 1.39. The van der Waals surface area contributed by atoms with E-state index in [4.69, 9.17) is 0 Å². The Hall–Kier alpha value is -1.04. The molecule has 3 nitrogen and oxygen atoms in total. The first-order valence-corrected chi connectivity index (χ1v) is 13.6. The fourth-order valence-corrected chi connectivity index (χ4v) is 7.89. The lowest BCUT2D eigenvalue weighted by Crippen LogP contribution is -2.39. The van der Waals surface area contributed by atoms with Crippen molar-refractivity contribution in [3.05, 3.63) is 35.5 Å². The van der Waals surface area contributed by atoms with Crippen LogP contribution in [0.15, 0.2) is 35.5 Å². The number of likely N-dealkylation sites (tertiary alicyclic amines) is 1. The molecule has 1 saturated heterocycles. The molecule has 4 fully saturated rings. The lowest BCUT2D eigenvalue weighted by molar-refractivity contribution is 0.0810. The van der Waals surface area contributed by atoms with Gasteiger partial charge in [-0.2, -0.15) is 0 Å². The van der Waals surface area contributed by atoms with Crippen LogP contribution >= 0.6 is 0 Å². The van der Waals surface area contributed by atoms with Gasteiger partial charge in [-0.15, -0.1) is 0 Å². The van der Waals surface area contributed by atoms with E-state index in [1.807, 2.05) is 0 Å². The predicted molar refractivity (Wildman–Crippen MR) is 134 cm³/mol. The van der Waals surface area contributed by atoms with Crippen molar-refractivity contribution in [2.45, 2.75) is 96.7 Å². The fraction of sp³-hybridized carbons (Fsp3) is 0.793. The van der Waals surface area contributed by atoms with E-state index in [0.717, 1.165) is 43.6 Å². The molecule has 3 saturated carbocycles. The molecule has 0 amide bonds. The summed E-state index contributed by atoms with van der Waals surface area (Å²) in [6, 6.07) is 0. The molecule has 0 aromatic carbocycles. The Morgan fingerprint density at radius 3 is 2.76 bits per heavy atom. The summed E-state index contributed by atoms with van der Waals surface area (Å²) in [5.74, 6) is 2.36.